The van der Waals surface area contributed by atoms with E-state index in [4.69, 9.17) is 23.7 Å². The number of esters is 2. The molecule has 12 heteroatoms. The molecular weight excluding hydrogens is 494 g/mol. The van der Waals surface area contributed by atoms with Crippen LogP contribution in [-0.4, -0.2) is 54.5 Å². The Bertz CT molecular complexity index is 1130. The van der Waals surface area contributed by atoms with Gasteiger partial charge in [0.25, 0.3) is 5.91 Å². The van der Waals surface area contributed by atoms with Gasteiger partial charge in [0, 0.05) is 31.7 Å². The van der Waals surface area contributed by atoms with Crippen molar-refractivity contribution in [1.82, 2.24) is 10.3 Å². The second kappa shape index (κ2) is 12.8. The largest absolute Gasteiger partial charge is 0.493 e. The van der Waals surface area contributed by atoms with Gasteiger partial charge in [-0.15, -0.1) is 0 Å². The Morgan fingerprint density at radius 3 is 2.43 bits per heavy atom. The van der Waals surface area contributed by atoms with E-state index in [-0.39, 0.29) is 29.4 Å². The first-order valence-electron chi connectivity index (χ1n) is 11.3. The summed E-state index contributed by atoms with van der Waals surface area (Å²) in [6.45, 7) is 7.08. The number of pyridine rings is 1. The number of carbonyl (C=O) groups excluding carboxylic acids is 3. The zero-order valence-electron chi connectivity index (χ0n) is 21.4. The highest BCUT2D eigenvalue weighted by Gasteiger charge is 2.29. The predicted molar refractivity (Wildman–Crippen MR) is 126 cm³/mol. The standard InChI is InChI=1S/C25H30F2N2O8/c1-14(12-25(4,5)37-19-8-7-17(26)11-18(19)27)36-24(32)15(2)29-23(31)21-22(35-13-34-16(3)30)20(33-6)9-10-28-21/h7-11,14-15H,12-13H2,1-6H3,(H,29,31)/t14-,15-/m0/s1. The molecule has 0 radical (unpaired) electrons. The summed E-state index contributed by atoms with van der Waals surface area (Å²) in [5.74, 6) is -3.72. The van der Waals surface area contributed by atoms with E-state index in [0.29, 0.717) is 6.07 Å². The number of halogens is 2. The molecule has 0 bridgehead atoms. The van der Waals surface area contributed by atoms with Gasteiger partial charge in [-0.1, -0.05) is 0 Å². The van der Waals surface area contributed by atoms with E-state index in [1.807, 2.05) is 0 Å². The molecule has 0 spiro atoms. The summed E-state index contributed by atoms with van der Waals surface area (Å²) in [6.07, 6.45) is 0.800. The topological polar surface area (TPSA) is 122 Å². The van der Waals surface area contributed by atoms with Crippen LogP contribution in [0.3, 0.4) is 0 Å². The van der Waals surface area contributed by atoms with Gasteiger partial charge in [0.2, 0.25) is 6.79 Å². The first-order valence-corrected chi connectivity index (χ1v) is 11.3. The van der Waals surface area contributed by atoms with E-state index in [1.54, 1.807) is 20.8 Å². The maximum Gasteiger partial charge on any atom is 0.328 e. The van der Waals surface area contributed by atoms with Crippen molar-refractivity contribution in [3.63, 3.8) is 0 Å². The van der Waals surface area contributed by atoms with Crippen LogP contribution in [0.25, 0.3) is 0 Å². The number of hydrogen-bond acceptors (Lipinski definition) is 9. The van der Waals surface area contributed by atoms with Crippen LogP contribution in [0.1, 0.15) is 51.5 Å². The van der Waals surface area contributed by atoms with Gasteiger partial charge in [-0.3, -0.25) is 9.59 Å². The van der Waals surface area contributed by atoms with Crippen molar-refractivity contribution in [1.29, 1.82) is 0 Å². The third kappa shape index (κ3) is 8.89. The van der Waals surface area contributed by atoms with Crippen LogP contribution in [0, 0.1) is 11.6 Å². The fraction of sp³-hybridized carbons (Fsp3) is 0.440. The maximum atomic E-state index is 13.9. The van der Waals surface area contributed by atoms with Gasteiger partial charge >= 0.3 is 11.9 Å². The molecule has 10 nitrogen and oxygen atoms in total. The highest BCUT2D eigenvalue weighted by molar-refractivity contribution is 5.98. The monoisotopic (exact) mass is 524 g/mol. The molecule has 1 amide bonds. The van der Waals surface area contributed by atoms with E-state index >= 15 is 0 Å². The lowest BCUT2D eigenvalue weighted by Crippen LogP contribution is -2.42. The van der Waals surface area contributed by atoms with Crippen molar-refractivity contribution in [3.05, 3.63) is 47.8 Å². The van der Waals surface area contributed by atoms with E-state index in [2.05, 4.69) is 10.3 Å². The zero-order valence-corrected chi connectivity index (χ0v) is 21.4. The number of nitrogens with zero attached hydrogens (tertiary/aromatic N) is 1. The summed E-state index contributed by atoms with van der Waals surface area (Å²) < 4.78 is 53.4. The number of methoxy groups -OCH3 is 1. The van der Waals surface area contributed by atoms with Crippen molar-refractivity contribution in [2.75, 3.05) is 13.9 Å². The summed E-state index contributed by atoms with van der Waals surface area (Å²) in [5.41, 5.74) is -1.17. The first kappa shape index (κ1) is 29.3. The summed E-state index contributed by atoms with van der Waals surface area (Å²) in [5, 5.41) is 2.47. The minimum Gasteiger partial charge on any atom is -0.493 e. The number of benzene rings is 1. The van der Waals surface area contributed by atoms with E-state index in [0.717, 1.165) is 6.07 Å². The molecular formula is C25H30F2N2O8. The van der Waals surface area contributed by atoms with Gasteiger partial charge in [-0.05, 0) is 39.8 Å². The molecule has 0 unspecified atom stereocenters. The molecule has 37 heavy (non-hydrogen) atoms. The molecule has 2 atom stereocenters. The molecule has 0 aliphatic heterocycles. The van der Waals surface area contributed by atoms with Gasteiger partial charge in [0.15, 0.2) is 28.8 Å². The number of hydrogen-bond donors (Lipinski definition) is 1. The molecule has 2 rings (SSSR count). The Labute approximate surface area is 213 Å². The third-order valence-corrected chi connectivity index (χ3v) is 4.85. The lowest BCUT2D eigenvalue weighted by atomic mass is 10.0. The lowest BCUT2D eigenvalue weighted by Gasteiger charge is -2.29. The Morgan fingerprint density at radius 1 is 1.11 bits per heavy atom. The number of aromatic nitrogens is 1. The molecule has 1 N–H and O–H groups in total. The van der Waals surface area contributed by atoms with E-state index < -0.39 is 54.0 Å². The summed E-state index contributed by atoms with van der Waals surface area (Å²) in [7, 11) is 1.35. The molecule has 1 heterocycles. The first-order chi connectivity index (χ1) is 17.3. The van der Waals surface area contributed by atoms with Crippen LogP contribution in [-0.2, 0) is 19.1 Å². The zero-order chi connectivity index (χ0) is 27.8. The molecule has 0 saturated carbocycles. The number of nitrogens with one attached hydrogen (secondary N) is 1. The van der Waals surface area contributed by atoms with Crippen molar-refractivity contribution >= 4 is 17.8 Å². The quantitative estimate of drug-likeness (QED) is 0.328. The van der Waals surface area contributed by atoms with Crippen LogP contribution in [0.15, 0.2) is 30.5 Å². The van der Waals surface area contributed by atoms with E-state index in [1.165, 1.54) is 39.3 Å². The van der Waals surface area contributed by atoms with Gasteiger partial charge in [-0.25, -0.2) is 18.6 Å². The molecule has 1 aromatic carbocycles. The van der Waals surface area contributed by atoms with Gasteiger partial charge in [-0.2, -0.15) is 0 Å². The summed E-state index contributed by atoms with van der Waals surface area (Å²) >= 11 is 0. The summed E-state index contributed by atoms with van der Waals surface area (Å²) in [4.78, 5) is 40.4. The van der Waals surface area contributed by atoms with Crippen LogP contribution < -0.4 is 19.5 Å². The highest BCUT2D eigenvalue weighted by Crippen LogP contribution is 2.30. The fourth-order valence-electron chi connectivity index (χ4n) is 3.32. The van der Waals surface area contributed by atoms with Gasteiger partial charge in [0.1, 0.15) is 23.6 Å². The number of ether oxygens (including phenoxy) is 5. The van der Waals surface area contributed by atoms with Crippen molar-refractivity contribution in [3.8, 4) is 17.2 Å². The molecule has 0 aliphatic carbocycles. The third-order valence-electron chi connectivity index (χ3n) is 4.85. The SMILES string of the molecule is COc1ccnc(C(=O)N[C@@H](C)C(=O)O[C@@H](C)CC(C)(C)Oc2ccc(F)cc2F)c1OCOC(C)=O. The Kier molecular flexibility index (Phi) is 10.2. The molecule has 0 fully saturated rings. The molecule has 0 aliphatic rings. The van der Waals surface area contributed by atoms with Crippen LogP contribution in [0.5, 0.6) is 17.2 Å². The second-order valence-corrected chi connectivity index (χ2v) is 8.67. The van der Waals surface area contributed by atoms with Crippen LogP contribution >= 0.6 is 0 Å². The van der Waals surface area contributed by atoms with E-state index in [9.17, 15) is 23.2 Å². The lowest BCUT2D eigenvalue weighted by molar-refractivity contribution is -0.152. The summed E-state index contributed by atoms with van der Waals surface area (Å²) in [6, 6.07) is 3.33. The molecule has 202 valence electrons. The predicted octanol–water partition coefficient (Wildman–Crippen LogP) is 3.57. The molecule has 2 aromatic rings. The second-order valence-electron chi connectivity index (χ2n) is 8.67. The molecule has 0 saturated heterocycles. The fourth-order valence-corrected chi connectivity index (χ4v) is 3.32. The maximum absolute atomic E-state index is 13.9. The van der Waals surface area contributed by atoms with Crippen molar-refractivity contribution in [2.24, 2.45) is 0 Å². The number of rotatable bonds is 12. The van der Waals surface area contributed by atoms with Crippen LogP contribution in [0.2, 0.25) is 0 Å². The van der Waals surface area contributed by atoms with Crippen LogP contribution in [0.4, 0.5) is 8.78 Å². The van der Waals surface area contributed by atoms with Gasteiger partial charge < -0.3 is 29.0 Å². The van der Waals surface area contributed by atoms with Crippen molar-refractivity contribution in [2.45, 2.75) is 58.8 Å². The Morgan fingerprint density at radius 2 is 1.81 bits per heavy atom. The average molecular weight is 525 g/mol. The average Bonchev–Trinajstić information content (AvgIpc) is 2.80. The molecule has 1 aromatic heterocycles. The smallest absolute Gasteiger partial charge is 0.328 e. The normalized spacial score (nSPS) is 12.6. The minimum absolute atomic E-state index is 0.0791. The minimum atomic E-state index is -1.08. The van der Waals surface area contributed by atoms with Crippen molar-refractivity contribution < 1.29 is 46.8 Å². The number of amides is 1. The van der Waals surface area contributed by atoms with Gasteiger partial charge in [0.05, 0.1) is 7.11 Å². The highest BCUT2D eigenvalue weighted by atomic mass is 19.1. The number of carbonyl (C=O) groups is 3. The Balaban J connectivity index is 1.99. The Hall–Kier alpha value is -3.96.